The van der Waals surface area contributed by atoms with Crippen molar-refractivity contribution in [2.45, 2.75) is 19.9 Å². The number of hydrogen-bond acceptors (Lipinski definition) is 3. The average Bonchev–Trinajstić information content (AvgIpc) is 2.81. The van der Waals surface area contributed by atoms with Crippen LogP contribution in [0.5, 0.6) is 0 Å². The number of aromatic nitrogens is 2. The molecular weight excluding hydrogens is 264 g/mol. The molecule has 0 aliphatic heterocycles. The van der Waals surface area contributed by atoms with E-state index in [1.807, 2.05) is 13.8 Å². The predicted molar refractivity (Wildman–Crippen MR) is 76.4 cm³/mol. The average molecular weight is 279 g/mol. The Kier molecular flexibility index (Phi) is 3.76. The Balaban J connectivity index is 2.13. The number of rotatable bonds is 3. The van der Waals surface area contributed by atoms with Crippen LogP contribution in [0.4, 0.5) is 11.4 Å². The smallest absolute Gasteiger partial charge is 0.255 e. The number of amides is 1. The summed E-state index contributed by atoms with van der Waals surface area (Å²) in [5.74, 6) is -0.244. The van der Waals surface area contributed by atoms with Gasteiger partial charge in [-0.15, -0.1) is 0 Å². The molecule has 0 radical (unpaired) electrons. The monoisotopic (exact) mass is 278 g/mol. The summed E-state index contributed by atoms with van der Waals surface area (Å²) in [7, 11) is 0. The fraction of sp³-hybridized carbons (Fsp3) is 0.231. The summed E-state index contributed by atoms with van der Waals surface area (Å²) in [6.07, 6.45) is 3.39. The van der Waals surface area contributed by atoms with E-state index in [0.717, 1.165) is 0 Å². The molecule has 0 unspecified atom stereocenters. The number of nitrogens with zero attached hydrogens (tertiary/aromatic N) is 2. The van der Waals surface area contributed by atoms with Crippen molar-refractivity contribution < 1.29 is 4.79 Å². The molecule has 19 heavy (non-hydrogen) atoms. The third kappa shape index (κ3) is 3.06. The normalized spacial score (nSPS) is 10.7. The van der Waals surface area contributed by atoms with Crippen molar-refractivity contribution in [3.8, 4) is 0 Å². The largest absolute Gasteiger partial charge is 0.398 e. The molecule has 0 aliphatic rings. The van der Waals surface area contributed by atoms with Gasteiger partial charge in [0.25, 0.3) is 5.91 Å². The number of nitrogen functional groups attached to an aromatic ring is 1. The molecule has 0 fully saturated rings. The van der Waals surface area contributed by atoms with Crippen LogP contribution in [0.15, 0.2) is 30.6 Å². The highest BCUT2D eigenvalue weighted by atomic mass is 35.5. The highest BCUT2D eigenvalue weighted by Gasteiger charge is 2.09. The van der Waals surface area contributed by atoms with E-state index in [2.05, 4.69) is 10.4 Å². The first-order valence-corrected chi connectivity index (χ1v) is 6.25. The summed E-state index contributed by atoms with van der Waals surface area (Å²) >= 11 is 5.81. The number of hydrogen-bond donors (Lipinski definition) is 2. The first kappa shape index (κ1) is 13.4. The molecule has 1 aromatic heterocycles. The molecule has 0 atom stereocenters. The Bertz CT molecular complexity index is 606. The van der Waals surface area contributed by atoms with Gasteiger partial charge >= 0.3 is 0 Å². The van der Waals surface area contributed by atoms with Gasteiger partial charge in [-0.1, -0.05) is 11.6 Å². The molecule has 1 amide bonds. The third-order valence-corrected chi connectivity index (χ3v) is 2.99. The number of benzene rings is 1. The Morgan fingerprint density at radius 3 is 2.79 bits per heavy atom. The molecule has 2 aromatic rings. The molecule has 1 aromatic carbocycles. The lowest BCUT2D eigenvalue weighted by molar-refractivity contribution is 0.102. The Labute approximate surface area is 116 Å². The van der Waals surface area contributed by atoms with Crippen LogP contribution < -0.4 is 11.1 Å². The summed E-state index contributed by atoms with van der Waals surface area (Å²) in [6, 6.07) is 5.02. The van der Waals surface area contributed by atoms with E-state index in [0.29, 0.717) is 22.0 Å². The minimum absolute atomic E-state index is 0.244. The van der Waals surface area contributed by atoms with Gasteiger partial charge in [0, 0.05) is 17.8 Å². The molecular formula is C13H15ClN4O. The Hall–Kier alpha value is -2.01. The van der Waals surface area contributed by atoms with Crippen molar-refractivity contribution in [3.63, 3.8) is 0 Å². The Morgan fingerprint density at radius 2 is 2.21 bits per heavy atom. The van der Waals surface area contributed by atoms with E-state index < -0.39 is 0 Å². The summed E-state index contributed by atoms with van der Waals surface area (Å²) in [5, 5.41) is 7.34. The molecule has 3 N–H and O–H groups in total. The van der Waals surface area contributed by atoms with Gasteiger partial charge in [0.1, 0.15) is 0 Å². The first-order valence-electron chi connectivity index (χ1n) is 5.88. The van der Waals surface area contributed by atoms with Crippen molar-refractivity contribution >= 4 is 28.9 Å². The van der Waals surface area contributed by atoms with E-state index in [-0.39, 0.29) is 11.9 Å². The summed E-state index contributed by atoms with van der Waals surface area (Å²) in [5.41, 5.74) is 7.15. The molecule has 0 saturated heterocycles. The maximum atomic E-state index is 12.0. The first-order chi connectivity index (χ1) is 8.97. The van der Waals surface area contributed by atoms with Gasteiger partial charge in [-0.05, 0) is 32.0 Å². The lowest BCUT2D eigenvalue weighted by Crippen LogP contribution is -2.11. The minimum Gasteiger partial charge on any atom is -0.398 e. The van der Waals surface area contributed by atoms with Crippen molar-refractivity contribution in [3.05, 3.63) is 41.2 Å². The SMILES string of the molecule is CC(C)n1cc(NC(=O)c2ccc(Cl)c(N)c2)cn1. The van der Waals surface area contributed by atoms with Gasteiger partial charge in [0.2, 0.25) is 0 Å². The molecule has 0 spiro atoms. The predicted octanol–water partition coefficient (Wildman–Crippen LogP) is 2.95. The van der Waals surface area contributed by atoms with Crippen LogP contribution in [0.2, 0.25) is 5.02 Å². The quantitative estimate of drug-likeness (QED) is 0.848. The maximum Gasteiger partial charge on any atom is 0.255 e. The van der Waals surface area contributed by atoms with Crippen molar-refractivity contribution in [2.24, 2.45) is 0 Å². The van der Waals surface area contributed by atoms with E-state index in [4.69, 9.17) is 17.3 Å². The van der Waals surface area contributed by atoms with Gasteiger partial charge in [0.05, 0.1) is 22.6 Å². The molecule has 2 rings (SSSR count). The van der Waals surface area contributed by atoms with Gasteiger partial charge in [0.15, 0.2) is 0 Å². The standard InChI is InChI=1S/C13H15ClN4O/c1-8(2)18-7-10(6-16-18)17-13(19)9-3-4-11(14)12(15)5-9/h3-8H,15H2,1-2H3,(H,17,19). The zero-order valence-corrected chi connectivity index (χ0v) is 11.5. The summed E-state index contributed by atoms with van der Waals surface area (Å²) in [4.78, 5) is 12.0. The fourth-order valence-corrected chi connectivity index (χ4v) is 1.69. The number of nitrogens with two attached hydrogens (primary N) is 1. The molecule has 0 aliphatic carbocycles. The van der Waals surface area contributed by atoms with Crippen LogP contribution in [0.3, 0.4) is 0 Å². The number of halogens is 1. The van der Waals surface area contributed by atoms with Crippen LogP contribution in [0, 0.1) is 0 Å². The molecule has 6 heteroatoms. The molecule has 0 bridgehead atoms. The van der Waals surface area contributed by atoms with Crippen LogP contribution in [-0.4, -0.2) is 15.7 Å². The van der Waals surface area contributed by atoms with Gasteiger partial charge < -0.3 is 11.1 Å². The third-order valence-electron chi connectivity index (χ3n) is 2.65. The molecule has 5 nitrogen and oxygen atoms in total. The van der Waals surface area contributed by atoms with E-state index in [1.165, 1.54) is 0 Å². The van der Waals surface area contributed by atoms with Gasteiger partial charge in [-0.3, -0.25) is 9.48 Å². The summed E-state index contributed by atoms with van der Waals surface area (Å²) < 4.78 is 1.77. The fourth-order valence-electron chi connectivity index (χ4n) is 1.57. The lowest BCUT2D eigenvalue weighted by atomic mass is 10.2. The van der Waals surface area contributed by atoms with E-state index in [1.54, 1.807) is 35.3 Å². The number of carbonyl (C=O) groups is 1. The zero-order chi connectivity index (χ0) is 14.0. The number of nitrogens with one attached hydrogen (secondary N) is 1. The van der Waals surface area contributed by atoms with Crippen LogP contribution in [0.1, 0.15) is 30.2 Å². The van der Waals surface area contributed by atoms with Crippen molar-refractivity contribution in [1.29, 1.82) is 0 Å². The van der Waals surface area contributed by atoms with Crippen molar-refractivity contribution in [2.75, 3.05) is 11.1 Å². The zero-order valence-electron chi connectivity index (χ0n) is 10.7. The lowest BCUT2D eigenvalue weighted by Gasteiger charge is -2.05. The number of anilines is 2. The van der Waals surface area contributed by atoms with E-state index >= 15 is 0 Å². The van der Waals surface area contributed by atoms with Crippen LogP contribution in [0.25, 0.3) is 0 Å². The minimum atomic E-state index is -0.244. The molecule has 1 heterocycles. The second-order valence-electron chi connectivity index (χ2n) is 4.49. The topological polar surface area (TPSA) is 72.9 Å². The molecule has 100 valence electrons. The number of carbonyl (C=O) groups excluding carboxylic acids is 1. The van der Waals surface area contributed by atoms with E-state index in [9.17, 15) is 4.79 Å². The highest BCUT2D eigenvalue weighted by Crippen LogP contribution is 2.20. The highest BCUT2D eigenvalue weighted by molar-refractivity contribution is 6.33. The second-order valence-corrected chi connectivity index (χ2v) is 4.90. The second kappa shape index (κ2) is 5.32. The van der Waals surface area contributed by atoms with Gasteiger partial charge in [-0.2, -0.15) is 5.10 Å². The van der Waals surface area contributed by atoms with Crippen LogP contribution >= 0.6 is 11.6 Å². The molecule has 0 saturated carbocycles. The van der Waals surface area contributed by atoms with Crippen molar-refractivity contribution in [1.82, 2.24) is 9.78 Å². The van der Waals surface area contributed by atoms with Crippen LogP contribution in [-0.2, 0) is 0 Å². The summed E-state index contributed by atoms with van der Waals surface area (Å²) in [6.45, 7) is 4.02. The van der Waals surface area contributed by atoms with Gasteiger partial charge in [-0.25, -0.2) is 0 Å². The Morgan fingerprint density at radius 1 is 1.47 bits per heavy atom. The maximum absolute atomic E-state index is 12.0.